The number of carbonyl (C=O) groups excluding carboxylic acids is 5. The molecule has 12 unspecified atom stereocenters. The van der Waals surface area contributed by atoms with Crippen LogP contribution in [0.15, 0.2) is 109 Å². The van der Waals surface area contributed by atoms with Crippen molar-refractivity contribution in [2.24, 2.45) is 23.7 Å². The molecule has 0 bridgehead atoms. The number of aliphatic hydroxyl groups is 12. The fraction of sp³-hybridized carbons (Fsp3) is 0.655. The number of hydrogen-bond acceptors (Lipinski definition) is 39. The van der Waals surface area contributed by atoms with Gasteiger partial charge in [0, 0.05) is 17.8 Å². The van der Waals surface area contributed by atoms with Gasteiger partial charge < -0.3 is 110 Å². The molecule has 36 atom stereocenters. The van der Waals surface area contributed by atoms with Gasteiger partial charge in [-0.3, -0.25) is 9.69 Å². The molecule has 134 heavy (non-hydrogen) atoms. The zero-order valence-corrected chi connectivity index (χ0v) is 77.9. The molecule has 7 heterocycles. The first kappa shape index (κ1) is 109. The van der Waals surface area contributed by atoms with Crippen LogP contribution in [0.4, 0.5) is 10.5 Å². The Balaban J connectivity index is 0.000000321. The van der Waals surface area contributed by atoms with Gasteiger partial charge in [-0.15, -0.1) is 0 Å². The number of esters is 3. The zero-order valence-electron chi connectivity index (χ0n) is 75.9. The number of ether oxygens (including phenoxy) is 18. The number of aliphatic hydroxyl groups excluding tert-OH is 12. The number of nitrogen functional groups attached to an aromatic ring is 1. The van der Waals surface area contributed by atoms with Crippen LogP contribution in [0.1, 0.15) is 116 Å². The van der Waals surface area contributed by atoms with E-state index in [1.165, 1.54) is 81.3 Å². The molecule has 15 N–H and O–H groups in total. The van der Waals surface area contributed by atoms with Crippen molar-refractivity contribution in [3.63, 3.8) is 0 Å². The Hall–Kier alpha value is -7.14. The number of benzene rings is 4. The average Bonchev–Trinajstić information content (AvgIpc) is 1.24. The van der Waals surface area contributed by atoms with Crippen LogP contribution in [-0.2, 0) is 118 Å². The van der Waals surface area contributed by atoms with Crippen LogP contribution in [0.25, 0.3) is 0 Å². The summed E-state index contributed by atoms with van der Waals surface area (Å²) >= 11 is 0. The van der Waals surface area contributed by atoms with Gasteiger partial charge in [0.2, 0.25) is 0 Å². The number of nitrogens with two attached hydrogens (primary N) is 1. The second-order valence-electron chi connectivity index (χ2n) is 34.6. The summed E-state index contributed by atoms with van der Waals surface area (Å²) in [5, 5.41) is 134. The van der Waals surface area contributed by atoms with E-state index in [0.29, 0.717) is 19.1 Å². The Morgan fingerprint density at radius 2 is 1.04 bits per heavy atom. The third kappa shape index (κ3) is 26.9. The van der Waals surface area contributed by atoms with E-state index in [0.717, 1.165) is 24.6 Å². The van der Waals surface area contributed by atoms with E-state index in [2.05, 4.69) is 0 Å². The number of nitrogens with zero attached hydrogens (tertiary/aromatic N) is 1. The average molecular weight is 1930 g/mol. The summed E-state index contributed by atoms with van der Waals surface area (Å²) in [4.78, 5) is 82.1. The molecule has 0 saturated carbocycles. The third-order valence-electron chi connectivity index (χ3n) is 24.5. The maximum absolute atomic E-state index is 14.4. The van der Waals surface area contributed by atoms with Crippen LogP contribution in [0.3, 0.4) is 0 Å². The fourth-order valence-corrected chi connectivity index (χ4v) is 19.9. The third-order valence-corrected chi connectivity index (χ3v) is 27.5. The number of ketones is 1. The molecular weight excluding hydrogens is 1800 g/mol. The Morgan fingerprint density at radius 3 is 1.58 bits per heavy atom. The van der Waals surface area contributed by atoms with E-state index >= 15 is 0 Å². The summed E-state index contributed by atoms with van der Waals surface area (Å²) in [5.41, 5.74) is 6.95. The van der Waals surface area contributed by atoms with Crippen LogP contribution in [0.2, 0.25) is 0 Å². The van der Waals surface area contributed by atoms with Crippen molar-refractivity contribution >= 4 is 86.2 Å². The van der Waals surface area contributed by atoms with Crippen molar-refractivity contribution < 1.29 is 190 Å². The van der Waals surface area contributed by atoms with Crippen molar-refractivity contribution in [3.05, 3.63) is 126 Å². The molecule has 4 aromatic rings. The van der Waals surface area contributed by atoms with Gasteiger partial charge in [-0.2, -0.15) is 0 Å². The van der Waals surface area contributed by atoms with E-state index in [1.807, 2.05) is 102 Å². The molecule has 2 radical (unpaired) electrons. The van der Waals surface area contributed by atoms with E-state index in [4.69, 9.17) is 91.0 Å². The van der Waals surface area contributed by atoms with Gasteiger partial charge in [-0.1, -0.05) is 60.7 Å². The number of carbonyl (C=O) groups is 6. The predicted octanol–water partition coefficient (Wildman–Crippen LogP) is 0.269. The van der Waals surface area contributed by atoms with Crippen LogP contribution in [0, 0.1) is 23.7 Å². The smallest absolute Gasteiger partial charge is 0.377 e. The van der Waals surface area contributed by atoms with E-state index < -0.39 is 250 Å². The van der Waals surface area contributed by atoms with Crippen LogP contribution in [-0.4, -0.2) is 363 Å². The standard InChI is InChI=1S/C59H79B4NO19P2.C28H43NO20/c1-12-33(3)46-52(84-62-60-70)36(6)48(75-37(7)65)54(78-46)80-50-51(76-38(8)66)55(79-47(34(4)13-2)53(50)85-63-61-71)77-45-35(5)28-59(56(68)72-11,83-49(45)44-32-74-58(9,10)82-44)81-42-26-24-41(25-27-42)43(67)30-64(29-39-20-16-14-17-21-39)57(69)73-31-40-22-18-15-19-23-40;29-9-1-3-10(4-2-9)48-28(27(42)43)5-11(33)22(23(49-28)14(36)8-32)46-26-19(41)24(18(40)21(45-26)13(35)7-31)47-25-17(39)15(37)16(38)20(44-25)12(34)6-30/h14-27,33-36,44-55,84-85H,12-13,28-32H2,1-11H3;1-4,11-26,30-41H,5-8,29H2,(H,42,43)/t33-,34-,35+,36?,44+,45+,46-,47?,48?,49?,50+,51?,52-,53+,54+,55-,59+;11-,12+,13+,14-,15?,16+,17?,18-,19?,20+,21?,22-,23?,24+,25-,26-,28-/m01/s1. The summed E-state index contributed by atoms with van der Waals surface area (Å²) in [5.74, 6) is -11.4. The Kier molecular flexibility index (Phi) is 40.3. The molecule has 1 amide bonds. The number of carboxylic acid groups (broad SMARTS) is 1. The number of hydrogen-bond donors (Lipinski definition) is 14. The molecule has 7 aliphatic rings. The predicted molar refractivity (Wildman–Crippen MR) is 472 cm³/mol. The first-order chi connectivity index (χ1) is 63.7. The van der Waals surface area contributed by atoms with Crippen molar-refractivity contribution in [1.29, 1.82) is 0 Å². The van der Waals surface area contributed by atoms with Crippen molar-refractivity contribution in [3.8, 4) is 11.5 Å². The van der Waals surface area contributed by atoms with Gasteiger partial charge in [-0.05, 0) is 73.5 Å². The molecule has 7 aliphatic heterocycles. The minimum absolute atomic E-state index is 0.0114. The number of aliphatic carboxylic acids is 1. The number of methoxy groups -OCH3 is 1. The molecule has 11 rings (SSSR count). The summed E-state index contributed by atoms with van der Waals surface area (Å²) < 4.78 is 135. The molecule has 41 nitrogen and oxygen atoms in total. The molecule has 0 spiro atoms. The van der Waals surface area contributed by atoms with Gasteiger partial charge in [0.25, 0.3) is 0 Å². The summed E-state index contributed by atoms with van der Waals surface area (Å²) in [6.07, 6.45) is -42.0. The molecule has 0 aliphatic carbocycles. The van der Waals surface area contributed by atoms with Gasteiger partial charge in [0.05, 0.1) is 46.0 Å². The second kappa shape index (κ2) is 49.6. The normalized spacial score (nSPS) is 34.8. The number of amides is 1. The number of anilines is 1. The monoisotopic (exact) mass is 1920 g/mol. The Bertz CT molecular complexity index is 4430. The minimum atomic E-state index is -2.67. The van der Waals surface area contributed by atoms with Gasteiger partial charge >= 0.3 is 336 Å². The molecule has 4 aromatic carbocycles. The maximum Gasteiger partial charge on any atom is 0.377 e. The Morgan fingerprint density at radius 1 is 0.552 bits per heavy atom. The molecular formula is C87H122B4N2O39P2. The van der Waals surface area contributed by atoms with Crippen molar-refractivity contribution in [2.45, 2.75) is 296 Å². The van der Waals surface area contributed by atoms with Gasteiger partial charge in [-0.25, -0.2) is 14.4 Å². The quantitative estimate of drug-likeness (QED) is 0.00710. The van der Waals surface area contributed by atoms with Gasteiger partial charge in [0.1, 0.15) is 97.5 Å². The van der Waals surface area contributed by atoms with E-state index in [1.54, 1.807) is 20.7 Å². The molecule has 0 aromatic heterocycles. The summed E-state index contributed by atoms with van der Waals surface area (Å²) in [7, 11) is 2.49. The summed E-state index contributed by atoms with van der Waals surface area (Å²) in [6.45, 7) is 17.6. The van der Waals surface area contributed by atoms with Gasteiger partial charge in [0.15, 0.2) is 18.4 Å². The van der Waals surface area contributed by atoms with Crippen molar-refractivity contribution in [2.75, 3.05) is 45.8 Å². The molecule has 47 heteroatoms. The van der Waals surface area contributed by atoms with Crippen LogP contribution < -0.4 is 15.2 Å². The topological polar surface area (TPSA) is 595 Å². The summed E-state index contributed by atoms with van der Waals surface area (Å²) in [6, 6.07) is 29.9. The van der Waals surface area contributed by atoms with Crippen LogP contribution in [0.5, 0.6) is 11.5 Å². The maximum atomic E-state index is 14.4. The largest absolute Gasteiger partial charge is 0.476 e. The second-order valence-corrected chi connectivity index (χ2v) is 37.3. The first-order valence-corrected chi connectivity index (χ1v) is 46.5. The molecule has 736 valence electrons. The van der Waals surface area contributed by atoms with E-state index in [9.17, 15) is 105 Å². The van der Waals surface area contributed by atoms with Crippen molar-refractivity contribution in [1.82, 2.24) is 4.90 Å². The zero-order chi connectivity index (χ0) is 98.0. The molecule has 7 fully saturated rings. The number of carboxylic acids is 1. The molecule has 7 saturated heterocycles. The Labute approximate surface area is 780 Å². The SMILES string of the molecule is CC[C@H](C)C1O[C@H](O[C@H]2C([C@H]3COC(C)(C)O3)O[C@@](Oc3ccc(C(=O)CN(Cc4ccccc4)C(=O)OCc4ccccc4)cc3)(C(=O)OC)C[C@H]2C)C(OC(C)=O)[C@@H](O[C@H]2O[C@@H]([C@@H](C)CC)[C@@H](P[B]B=O)C(C)C2OC(C)=O)[C@@H]1P[B]B=O.Nc1ccc(O[C@]2(C(=O)O)C[C@@H](O)[C@@H](O[C@H]3OC([C@@H](O)CO)[C@@H](O)[C@H](O[C@H]4O[C@@H]([C@@H](O)CO)[C@@H](O)C(O)C4O)C3O)C([C@H](O)CO)O2)cc1. The number of Topliss-reactive ketones (excluding diaryl/α,β-unsaturated/α-hetero) is 1. The van der Waals surface area contributed by atoms with E-state index in [-0.39, 0.29) is 90.1 Å². The minimum Gasteiger partial charge on any atom is -0.476 e. The first-order valence-electron chi connectivity index (χ1n) is 44.2. The van der Waals surface area contributed by atoms with Crippen LogP contribution >= 0.6 is 16.9 Å². The number of rotatable bonds is 40. The fourth-order valence-electron chi connectivity index (χ4n) is 17.2.